The largest absolute Gasteiger partial charge is 0.313 e. The number of hydrogen-bond donors (Lipinski definition) is 1. The Hall–Kier alpha value is -1.94. The summed E-state index contributed by atoms with van der Waals surface area (Å²) in [4.78, 5) is 29.3. The summed E-state index contributed by atoms with van der Waals surface area (Å²) in [6, 6.07) is 8.14. The van der Waals surface area contributed by atoms with Crippen molar-refractivity contribution in [3.63, 3.8) is 0 Å². The molecule has 0 saturated carbocycles. The molecular formula is C13H11ClN2O2. The van der Waals surface area contributed by atoms with Crippen LogP contribution in [0.3, 0.4) is 0 Å². The van der Waals surface area contributed by atoms with E-state index in [-0.39, 0.29) is 11.3 Å². The van der Waals surface area contributed by atoms with Gasteiger partial charge in [-0.15, -0.1) is 0 Å². The minimum atomic E-state index is -0.209. The number of halogens is 1. The van der Waals surface area contributed by atoms with Crippen LogP contribution < -0.4 is 5.56 Å². The van der Waals surface area contributed by atoms with Crippen LogP contribution in [0.5, 0.6) is 0 Å². The first kappa shape index (κ1) is 12.5. The van der Waals surface area contributed by atoms with E-state index in [1.54, 1.807) is 24.3 Å². The third kappa shape index (κ3) is 3.28. The second-order valence-corrected chi connectivity index (χ2v) is 4.27. The molecule has 4 nitrogen and oxygen atoms in total. The van der Waals surface area contributed by atoms with E-state index in [2.05, 4.69) is 9.97 Å². The molecule has 0 unspecified atom stereocenters. The van der Waals surface area contributed by atoms with Gasteiger partial charge in [-0.2, -0.15) is 0 Å². The van der Waals surface area contributed by atoms with Crippen molar-refractivity contribution in [2.45, 2.75) is 12.8 Å². The molecular weight excluding hydrogens is 252 g/mol. The predicted octanol–water partition coefficient (Wildman–Crippen LogP) is 2.24. The van der Waals surface area contributed by atoms with Crippen molar-refractivity contribution in [1.29, 1.82) is 0 Å². The number of benzene rings is 1. The minimum absolute atomic E-state index is 0.00810. The van der Waals surface area contributed by atoms with E-state index < -0.39 is 0 Å². The quantitative estimate of drug-likeness (QED) is 0.860. The van der Waals surface area contributed by atoms with E-state index in [0.29, 0.717) is 29.1 Å². The van der Waals surface area contributed by atoms with E-state index in [0.717, 1.165) is 0 Å². The van der Waals surface area contributed by atoms with Crippen molar-refractivity contribution < 1.29 is 4.79 Å². The maximum atomic E-state index is 11.9. The van der Waals surface area contributed by atoms with E-state index in [4.69, 9.17) is 11.6 Å². The second kappa shape index (κ2) is 5.60. The fourth-order valence-corrected chi connectivity index (χ4v) is 1.69. The van der Waals surface area contributed by atoms with Crippen LogP contribution in [-0.2, 0) is 6.42 Å². The normalized spacial score (nSPS) is 10.3. The predicted molar refractivity (Wildman–Crippen MR) is 69.0 cm³/mol. The highest BCUT2D eigenvalue weighted by molar-refractivity contribution is 6.30. The van der Waals surface area contributed by atoms with Crippen LogP contribution in [0.4, 0.5) is 0 Å². The van der Waals surface area contributed by atoms with Crippen LogP contribution in [-0.4, -0.2) is 15.8 Å². The number of rotatable bonds is 4. The van der Waals surface area contributed by atoms with Crippen LogP contribution in [0, 0.1) is 0 Å². The molecule has 18 heavy (non-hydrogen) atoms. The number of aromatic nitrogens is 2. The van der Waals surface area contributed by atoms with Gasteiger partial charge in [0.25, 0.3) is 5.56 Å². The first-order chi connectivity index (χ1) is 8.65. The van der Waals surface area contributed by atoms with Gasteiger partial charge in [0, 0.05) is 28.8 Å². The molecule has 2 rings (SSSR count). The van der Waals surface area contributed by atoms with Crippen LogP contribution in [0.15, 0.2) is 41.5 Å². The first-order valence-corrected chi connectivity index (χ1v) is 5.85. The van der Waals surface area contributed by atoms with Crippen LogP contribution >= 0.6 is 11.6 Å². The molecule has 0 amide bonds. The molecule has 5 heteroatoms. The van der Waals surface area contributed by atoms with Crippen molar-refractivity contribution >= 4 is 17.4 Å². The average Bonchev–Trinajstić information content (AvgIpc) is 2.37. The van der Waals surface area contributed by atoms with Gasteiger partial charge in [0.2, 0.25) is 0 Å². The van der Waals surface area contributed by atoms with Crippen molar-refractivity contribution in [1.82, 2.24) is 9.97 Å². The Morgan fingerprint density at radius 3 is 2.67 bits per heavy atom. The molecule has 1 N–H and O–H groups in total. The van der Waals surface area contributed by atoms with Crippen molar-refractivity contribution in [3.8, 4) is 0 Å². The Balaban J connectivity index is 2.00. The molecule has 1 aromatic heterocycles. The maximum absolute atomic E-state index is 11.9. The zero-order chi connectivity index (χ0) is 13.0. The Labute approximate surface area is 109 Å². The first-order valence-electron chi connectivity index (χ1n) is 5.47. The number of carbonyl (C=O) groups is 1. The second-order valence-electron chi connectivity index (χ2n) is 3.83. The monoisotopic (exact) mass is 262 g/mol. The summed E-state index contributed by atoms with van der Waals surface area (Å²) in [5.74, 6) is 0.00810. The lowest BCUT2D eigenvalue weighted by atomic mass is 10.1. The topological polar surface area (TPSA) is 62.8 Å². The fraction of sp³-hybridized carbons (Fsp3) is 0.154. The molecule has 0 saturated heterocycles. The van der Waals surface area contributed by atoms with Crippen LogP contribution in [0.25, 0.3) is 0 Å². The van der Waals surface area contributed by atoms with Gasteiger partial charge in [-0.05, 0) is 30.7 Å². The van der Waals surface area contributed by atoms with Crippen LogP contribution in [0.1, 0.15) is 22.5 Å². The third-order valence-electron chi connectivity index (χ3n) is 2.51. The van der Waals surface area contributed by atoms with E-state index >= 15 is 0 Å². The molecule has 0 aliphatic carbocycles. The number of aromatic amines is 1. The number of carbonyl (C=O) groups excluding carboxylic acids is 1. The summed E-state index contributed by atoms with van der Waals surface area (Å²) in [6.45, 7) is 0. The smallest absolute Gasteiger partial charge is 0.250 e. The van der Waals surface area contributed by atoms with Crippen molar-refractivity contribution in [2.75, 3.05) is 0 Å². The number of H-pyrrole nitrogens is 1. The molecule has 1 heterocycles. The summed E-state index contributed by atoms with van der Waals surface area (Å²) in [6.07, 6.45) is 2.11. The van der Waals surface area contributed by atoms with Gasteiger partial charge in [0.1, 0.15) is 0 Å². The molecule has 2 aromatic rings. The average molecular weight is 263 g/mol. The Morgan fingerprint density at radius 2 is 2.00 bits per heavy atom. The van der Waals surface area contributed by atoms with E-state index in [9.17, 15) is 9.59 Å². The van der Waals surface area contributed by atoms with Gasteiger partial charge in [-0.3, -0.25) is 9.59 Å². The third-order valence-corrected chi connectivity index (χ3v) is 2.76. The molecule has 1 aromatic carbocycles. The SMILES string of the molecule is O=C(CCc1cc(=O)[nH]cn1)c1ccc(Cl)cc1. The molecule has 0 aliphatic rings. The minimum Gasteiger partial charge on any atom is -0.313 e. The lowest BCUT2D eigenvalue weighted by Gasteiger charge is -2.01. The summed E-state index contributed by atoms with van der Waals surface area (Å²) in [7, 11) is 0. The summed E-state index contributed by atoms with van der Waals surface area (Å²) in [5.41, 5.74) is 1.02. The maximum Gasteiger partial charge on any atom is 0.250 e. The number of nitrogens with one attached hydrogen (secondary N) is 1. The summed E-state index contributed by atoms with van der Waals surface area (Å²) < 4.78 is 0. The van der Waals surface area contributed by atoms with Gasteiger partial charge in [-0.1, -0.05) is 11.6 Å². The fourth-order valence-electron chi connectivity index (χ4n) is 1.57. The Kier molecular flexibility index (Phi) is 3.89. The number of nitrogens with zero attached hydrogens (tertiary/aromatic N) is 1. The molecule has 0 bridgehead atoms. The zero-order valence-corrected chi connectivity index (χ0v) is 10.3. The van der Waals surface area contributed by atoms with Crippen molar-refractivity contribution in [3.05, 3.63) is 63.3 Å². The van der Waals surface area contributed by atoms with Gasteiger partial charge < -0.3 is 4.98 Å². The van der Waals surface area contributed by atoms with E-state index in [1.165, 1.54) is 12.4 Å². The number of aryl methyl sites for hydroxylation is 1. The molecule has 0 fully saturated rings. The van der Waals surface area contributed by atoms with Gasteiger partial charge in [0.05, 0.1) is 6.33 Å². The summed E-state index contributed by atoms with van der Waals surface area (Å²) in [5, 5.41) is 0.600. The Morgan fingerprint density at radius 1 is 1.28 bits per heavy atom. The lowest BCUT2D eigenvalue weighted by Crippen LogP contribution is -2.08. The lowest BCUT2D eigenvalue weighted by molar-refractivity contribution is 0.0982. The standard InChI is InChI=1S/C13H11ClN2O2/c14-10-3-1-9(2-4-10)12(17)6-5-11-7-13(18)16-8-15-11/h1-4,7-8H,5-6H2,(H,15,16,18). The Bertz CT molecular complexity index is 605. The number of hydrogen-bond acceptors (Lipinski definition) is 3. The molecule has 92 valence electrons. The van der Waals surface area contributed by atoms with E-state index in [1.807, 2.05) is 0 Å². The van der Waals surface area contributed by atoms with Gasteiger partial charge in [-0.25, -0.2) is 4.98 Å². The molecule has 0 spiro atoms. The molecule has 0 radical (unpaired) electrons. The molecule has 0 atom stereocenters. The molecule has 0 aliphatic heterocycles. The zero-order valence-electron chi connectivity index (χ0n) is 9.52. The summed E-state index contributed by atoms with van der Waals surface area (Å²) >= 11 is 5.75. The highest BCUT2D eigenvalue weighted by atomic mass is 35.5. The van der Waals surface area contributed by atoms with Gasteiger partial charge >= 0.3 is 0 Å². The number of ketones is 1. The van der Waals surface area contributed by atoms with Gasteiger partial charge in [0.15, 0.2) is 5.78 Å². The van der Waals surface area contributed by atoms with Crippen molar-refractivity contribution in [2.24, 2.45) is 0 Å². The number of Topliss-reactive ketones (excluding diaryl/α,β-unsaturated/α-hetero) is 1. The highest BCUT2D eigenvalue weighted by Gasteiger charge is 2.06. The van der Waals surface area contributed by atoms with Crippen LogP contribution in [0.2, 0.25) is 5.02 Å². The highest BCUT2D eigenvalue weighted by Crippen LogP contribution is 2.11.